The highest BCUT2D eigenvalue weighted by Gasteiger charge is 2.31. The van der Waals surface area contributed by atoms with E-state index in [4.69, 9.17) is 10.5 Å². The summed E-state index contributed by atoms with van der Waals surface area (Å²) < 4.78 is 43.3. The van der Waals surface area contributed by atoms with Crippen LogP contribution in [0, 0.1) is 5.92 Å². The summed E-state index contributed by atoms with van der Waals surface area (Å²) in [6.45, 7) is 6.84. The Kier molecular flexibility index (Phi) is 6.88. The number of nitrogens with two attached hydrogens (primary N) is 1. The Hall–Kier alpha value is -1.80. The van der Waals surface area contributed by atoms with Gasteiger partial charge in [0, 0.05) is 38.8 Å². The molecule has 0 bridgehead atoms. The summed E-state index contributed by atoms with van der Waals surface area (Å²) >= 11 is 0. The van der Waals surface area contributed by atoms with Gasteiger partial charge in [0.25, 0.3) is 0 Å². The van der Waals surface area contributed by atoms with E-state index >= 15 is 0 Å². The number of halogens is 3. The second-order valence-corrected chi connectivity index (χ2v) is 6.87. The average molecular weight is 373 g/mol. The van der Waals surface area contributed by atoms with E-state index in [1.165, 1.54) is 12.1 Å². The van der Waals surface area contributed by atoms with Crippen molar-refractivity contribution in [2.75, 3.05) is 39.3 Å². The molecule has 0 radical (unpaired) electrons. The van der Waals surface area contributed by atoms with Crippen LogP contribution in [-0.4, -0.2) is 55.2 Å². The van der Waals surface area contributed by atoms with E-state index in [9.17, 15) is 18.0 Å². The third-order valence-corrected chi connectivity index (χ3v) is 4.40. The molecule has 1 aromatic carbocycles. The minimum atomic E-state index is -4.35. The molecule has 1 aromatic rings. The molecule has 0 spiro atoms. The number of nitrogens with zero attached hydrogens (tertiary/aromatic N) is 2. The molecule has 1 unspecified atom stereocenters. The number of alkyl halides is 3. The Balaban J connectivity index is 1.95. The van der Waals surface area contributed by atoms with Crippen molar-refractivity contribution in [1.29, 1.82) is 0 Å². The molecule has 2 rings (SSSR count). The summed E-state index contributed by atoms with van der Waals surface area (Å²) in [5.41, 5.74) is 5.94. The summed E-state index contributed by atoms with van der Waals surface area (Å²) in [6.07, 6.45) is -4.67. The van der Waals surface area contributed by atoms with Gasteiger partial charge in [-0.15, -0.1) is 0 Å². The zero-order valence-electron chi connectivity index (χ0n) is 15.1. The fourth-order valence-electron chi connectivity index (χ4n) is 2.94. The molecule has 1 aliphatic rings. The standard InChI is InChI=1S/C18H26F3N3O2/c1-13(2)12-26-17(25)24-9-7-23(8-10-24)16(11-22)14-3-5-15(6-4-14)18(19,20)21/h3-6,13,16H,7-12,22H2,1-2H3. The Bertz CT molecular complexity index is 582. The smallest absolute Gasteiger partial charge is 0.416 e. The molecule has 2 N–H and O–H groups in total. The van der Waals surface area contributed by atoms with E-state index in [0.717, 1.165) is 17.7 Å². The van der Waals surface area contributed by atoms with Crippen LogP contribution in [0.5, 0.6) is 0 Å². The molecular weight excluding hydrogens is 347 g/mol. The van der Waals surface area contributed by atoms with Gasteiger partial charge in [-0.2, -0.15) is 13.2 Å². The highest BCUT2D eigenvalue weighted by Crippen LogP contribution is 2.31. The van der Waals surface area contributed by atoms with Crippen molar-refractivity contribution in [1.82, 2.24) is 9.80 Å². The monoisotopic (exact) mass is 373 g/mol. The van der Waals surface area contributed by atoms with Crippen molar-refractivity contribution in [3.8, 4) is 0 Å². The van der Waals surface area contributed by atoms with E-state index in [-0.39, 0.29) is 18.1 Å². The first-order valence-electron chi connectivity index (χ1n) is 8.75. The quantitative estimate of drug-likeness (QED) is 0.862. The highest BCUT2D eigenvalue weighted by atomic mass is 19.4. The van der Waals surface area contributed by atoms with Gasteiger partial charge in [-0.25, -0.2) is 4.79 Å². The predicted molar refractivity (Wildman–Crippen MR) is 92.6 cm³/mol. The van der Waals surface area contributed by atoms with Gasteiger partial charge in [0.2, 0.25) is 0 Å². The molecule has 0 aromatic heterocycles. The normalized spacial score (nSPS) is 17.4. The number of hydrogen-bond donors (Lipinski definition) is 1. The maximum atomic E-state index is 12.7. The molecule has 1 fully saturated rings. The van der Waals surface area contributed by atoms with E-state index in [1.807, 2.05) is 13.8 Å². The van der Waals surface area contributed by atoms with Gasteiger partial charge in [-0.1, -0.05) is 26.0 Å². The van der Waals surface area contributed by atoms with Crippen LogP contribution < -0.4 is 5.73 Å². The van der Waals surface area contributed by atoms with Crippen molar-refractivity contribution >= 4 is 6.09 Å². The molecule has 0 aliphatic carbocycles. The average Bonchev–Trinajstić information content (AvgIpc) is 2.60. The molecule has 26 heavy (non-hydrogen) atoms. The largest absolute Gasteiger partial charge is 0.449 e. The van der Waals surface area contributed by atoms with Gasteiger partial charge >= 0.3 is 12.3 Å². The molecular formula is C18H26F3N3O2. The fraction of sp³-hybridized carbons (Fsp3) is 0.611. The van der Waals surface area contributed by atoms with Crippen LogP contribution in [0.15, 0.2) is 24.3 Å². The lowest BCUT2D eigenvalue weighted by Gasteiger charge is -2.38. The summed E-state index contributed by atoms with van der Waals surface area (Å²) in [5.74, 6) is 0.279. The fourth-order valence-corrected chi connectivity index (χ4v) is 2.94. The number of benzene rings is 1. The van der Waals surface area contributed by atoms with Gasteiger partial charge in [0.05, 0.1) is 12.2 Å². The number of rotatable bonds is 5. The number of hydrogen-bond acceptors (Lipinski definition) is 4. The van der Waals surface area contributed by atoms with Crippen molar-refractivity contribution in [3.63, 3.8) is 0 Å². The first kappa shape index (κ1) is 20.5. The second-order valence-electron chi connectivity index (χ2n) is 6.87. The first-order chi connectivity index (χ1) is 12.2. The second kappa shape index (κ2) is 8.73. The summed E-state index contributed by atoms with van der Waals surface area (Å²) in [4.78, 5) is 15.7. The van der Waals surface area contributed by atoms with Crippen LogP contribution in [-0.2, 0) is 10.9 Å². The molecule has 5 nitrogen and oxygen atoms in total. The maximum Gasteiger partial charge on any atom is 0.416 e. The van der Waals surface area contributed by atoms with Gasteiger partial charge in [0.1, 0.15) is 0 Å². The Morgan fingerprint density at radius 3 is 2.19 bits per heavy atom. The Labute approximate surface area is 151 Å². The van der Waals surface area contributed by atoms with Gasteiger partial charge in [-0.3, -0.25) is 4.90 Å². The third-order valence-electron chi connectivity index (χ3n) is 4.40. The van der Waals surface area contributed by atoms with Crippen LogP contribution in [0.1, 0.15) is 31.0 Å². The molecule has 146 valence electrons. The van der Waals surface area contributed by atoms with Crippen LogP contribution in [0.25, 0.3) is 0 Å². The topological polar surface area (TPSA) is 58.8 Å². The van der Waals surface area contributed by atoms with Crippen LogP contribution in [0.4, 0.5) is 18.0 Å². The maximum absolute atomic E-state index is 12.7. The molecule has 0 saturated carbocycles. The number of piperazine rings is 1. The van der Waals surface area contributed by atoms with Crippen molar-refractivity contribution < 1.29 is 22.7 Å². The zero-order valence-corrected chi connectivity index (χ0v) is 15.1. The van der Waals surface area contributed by atoms with Crippen molar-refractivity contribution in [3.05, 3.63) is 35.4 Å². The van der Waals surface area contributed by atoms with E-state index in [0.29, 0.717) is 39.3 Å². The van der Waals surface area contributed by atoms with Gasteiger partial charge in [-0.05, 0) is 23.6 Å². The first-order valence-corrected chi connectivity index (χ1v) is 8.75. The van der Waals surface area contributed by atoms with E-state index in [2.05, 4.69) is 4.90 Å². The Morgan fingerprint density at radius 2 is 1.73 bits per heavy atom. The molecule has 8 heteroatoms. The zero-order chi connectivity index (χ0) is 19.3. The number of amides is 1. The highest BCUT2D eigenvalue weighted by molar-refractivity contribution is 5.67. The van der Waals surface area contributed by atoms with Crippen LogP contribution in [0.3, 0.4) is 0 Å². The van der Waals surface area contributed by atoms with Crippen LogP contribution in [0.2, 0.25) is 0 Å². The minimum absolute atomic E-state index is 0.175. The van der Waals surface area contributed by atoms with E-state index < -0.39 is 11.7 Å². The minimum Gasteiger partial charge on any atom is -0.449 e. The number of ether oxygens (including phenoxy) is 1. The summed E-state index contributed by atoms with van der Waals surface area (Å²) in [5, 5.41) is 0. The van der Waals surface area contributed by atoms with E-state index in [1.54, 1.807) is 4.90 Å². The lowest BCUT2D eigenvalue weighted by molar-refractivity contribution is -0.137. The predicted octanol–water partition coefficient (Wildman–Crippen LogP) is 3.12. The van der Waals surface area contributed by atoms with Crippen molar-refractivity contribution in [2.45, 2.75) is 26.1 Å². The molecule has 1 atom stereocenters. The lowest BCUT2D eigenvalue weighted by atomic mass is 10.0. The molecule has 1 aliphatic heterocycles. The molecule has 1 amide bonds. The van der Waals surface area contributed by atoms with Gasteiger partial charge < -0.3 is 15.4 Å². The number of carbonyl (C=O) groups excluding carboxylic acids is 1. The third kappa shape index (κ3) is 5.35. The lowest BCUT2D eigenvalue weighted by Crippen LogP contribution is -2.51. The van der Waals surface area contributed by atoms with Crippen molar-refractivity contribution in [2.24, 2.45) is 11.7 Å². The summed E-state index contributed by atoms with van der Waals surface area (Å²) in [7, 11) is 0. The molecule has 1 saturated heterocycles. The Morgan fingerprint density at radius 1 is 1.15 bits per heavy atom. The van der Waals surface area contributed by atoms with Gasteiger partial charge in [0.15, 0.2) is 0 Å². The summed E-state index contributed by atoms with van der Waals surface area (Å²) in [6, 6.07) is 4.94. The SMILES string of the molecule is CC(C)COC(=O)N1CCN(C(CN)c2ccc(C(F)(F)F)cc2)CC1. The number of carbonyl (C=O) groups is 1. The molecule has 1 heterocycles. The van der Waals surface area contributed by atoms with Crippen LogP contribution >= 0.6 is 0 Å².